The molecule has 1 heterocycles. The maximum absolute atomic E-state index is 11.5. The van der Waals surface area contributed by atoms with E-state index in [0.717, 1.165) is 17.1 Å². The SMILES string of the molecule is CCc1ccc(Nc2sccc2C(=O)OC)cc1. The van der Waals surface area contributed by atoms with E-state index in [2.05, 4.69) is 24.4 Å². The highest BCUT2D eigenvalue weighted by molar-refractivity contribution is 7.14. The predicted molar refractivity (Wildman–Crippen MR) is 74.8 cm³/mol. The Bertz CT molecular complexity index is 531. The van der Waals surface area contributed by atoms with Crippen molar-refractivity contribution in [1.29, 1.82) is 0 Å². The van der Waals surface area contributed by atoms with E-state index in [0.29, 0.717) is 5.56 Å². The summed E-state index contributed by atoms with van der Waals surface area (Å²) in [6.45, 7) is 2.12. The Kier molecular flexibility index (Phi) is 3.99. The largest absolute Gasteiger partial charge is 0.465 e. The molecule has 0 aliphatic rings. The Morgan fingerprint density at radius 3 is 2.61 bits per heavy atom. The third-order valence-electron chi connectivity index (χ3n) is 2.69. The number of methoxy groups -OCH3 is 1. The van der Waals surface area contributed by atoms with Crippen LogP contribution in [0.15, 0.2) is 35.7 Å². The van der Waals surface area contributed by atoms with Gasteiger partial charge in [-0.05, 0) is 35.6 Å². The minimum absolute atomic E-state index is 0.316. The van der Waals surface area contributed by atoms with Gasteiger partial charge in [-0.15, -0.1) is 11.3 Å². The van der Waals surface area contributed by atoms with Gasteiger partial charge in [0.25, 0.3) is 0 Å². The Hall–Kier alpha value is -1.81. The molecule has 0 fully saturated rings. The Morgan fingerprint density at radius 2 is 2.00 bits per heavy atom. The Labute approximate surface area is 110 Å². The van der Waals surface area contributed by atoms with Crippen molar-refractivity contribution in [3.63, 3.8) is 0 Å². The van der Waals surface area contributed by atoms with Crippen LogP contribution in [-0.2, 0) is 11.2 Å². The first-order valence-electron chi connectivity index (χ1n) is 5.76. The first-order chi connectivity index (χ1) is 8.74. The molecule has 0 radical (unpaired) electrons. The zero-order valence-corrected chi connectivity index (χ0v) is 11.2. The number of aryl methyl sites for hydroxylation is 1. The number of thiophene rings is 1. The van der Waals surface area contributed by atoms with Crippen molar-refractivity contribution in [3.8, 4) is 0 Å². The van der Waals surface area contributed by atoms with E-state index >= 15 is 0 Å². The summed E-state index contributed by atoms with van der Waals surface area (Å²) in [5.41, 5.74) is 2.83. The Morgan fingerprint density at radius 1 is 1.28 bits per heavy atom. The molecule has 0 spiro atoms. The standard InChI is InChI=1S/C14H15NO2S/c1-3-10-4-6-11(7-5-10)15-13-12(8-9-18-13)14(16)17-2/h4-9,15H,3H2,1-2H3. The number of hydrogen-bond acceptors (Lipinski definition) is 4. The van der Waals surface area contributed by atoms with Crippen molar-refractivity contribution in [2.75, 3.05) is 12.4 Å². The van der Waals surface area contributed by atoms with Gasteiger partial charge in [0.2, 0.25) is 0 Å². The van der Waals surface area contributed by atoms with Gasteiger partial charge in [0.15, 0.2) is 0 Å². The number of carbonyl (C=O) groups excluding carboxylic acids is 1. The van der Waals surface area contributed by atoms with Gasteiger partial charge in [-0.1, -0.05) is 19.1 Å². The second-order valence-corrected chi connectivity index (χ2v) is 4.75. The minimum Gasteiger partial charge on any atom is -0.465 e. The van der Waals surface area contributed by atoms with E-state index in [4.69, 9.17) is 4.74 Å². The van der Waals surface area contributed by atoms with Gasteiger partial charge in [0.1, 0.15) is 5.00 Å². The third-order valence-corrected chi connectivity index (χ3v) is 3.52. The van der Waals surface area contributed by atoms with Crippen LogP contribution in [0.1, 0.15) is 22.8 Å². The van der Waals surface area contributed by atoms with Gasteiger partial charge < -0.3 is 10.1 Å². The lowest BCUT2D eigenvalue weighted by Crippen LogP contribution is -2.02. The van der Waals surface area contributed by atoms with Crippen LogP contribution >= 0.6 is 11.3 Å². The molecule has 1 N–H and O–H groups in total. The van der Waals surface area contributed by atoms with E-state index in [1.165, 1.54) is 24.0 Å². The molecule has 3 nitrogen and oxygen atoms in total. The molecule has 4 heteroatoms. The molecule has 0 unspecified atom stereocenters. The average Bonchev–Trinajstić information content (AvgIpc) is 2.87. The highest BCUT2D eigenvalue weighted by Gasteiger charge is 2.12. The fraction of sp³-hybridized carbons (Fsp3) is 0.214. The van der Waals surface area contributed by atoms with Crippen LogP contribution in [0.5, 0.6) is 0 Å². The molecule has 0 atom stereocenters. The van der Waals surface area contributed by atoms with E-state index in [-0.39, 0.29) is 5.97 Å². The zero-order valence-electron chi connectivity index (χ0n) is 10.4. The van der Waals surface area contributed by atoms with Gasteiger partial charge >= 0.3 is 5.97 Å². The summed E-state index contributed by atoms with van der Waals surface area (Å²) in [6.07, 6.45) is 1.02. The van der Waals surface area contributed by atoms with Crippen LogP contribution in [0, 0.1) is 0 Å². The van der Waals surface area contributed by atoms with Gasteiger partial charge in [-0.3, -0.25) is 0 Å². The molecule has 2 aromatic rings. The van der Waals surface area contributed by atoms with Crippen LogP contribution in [0.3, 0.4) is 0 Å². The Balaban J connectivity index is 2.18. The van der Waals surface area contributed by atoms with Crippen LogP contribution in [0.4, 0.5) is 10.7 Å². The highest BCUT2D eigenvalue weighted by Crippen LogP contribution is 2.27. The first-order valence-corrected chi connectivity index (χ1v) is 6.64. The number of esters is 1. The second-order valence-electron chi connectivity index (χ2n) is 3.83. The summed E-state index contributed by atoms with van der Waals surface area (Å²) in [4.78, 5) is 11.5. The van der Waals surface area contributed by atoms with E-state index in [9.17, 15) is 4.79 Å². The number of nitrogens with one attached hydrogen (secondary N) is 1. The quantitative estimate of drug-likeness (QED) is 0.850. The lowest BCUT2D eigenvalue weighted by atomic mass is 10.1. The number of benzene rings is 1. The maximum Gasteiger partial charge on any atom is 0.340 e. The smallest absolute Gasteiger partial charge is 0.340 e. The molecule has 0 amide bonds. The molecule has 18 heavy (non-hydrogen) atoms. The number of anilines is 2. The van der Waals surface area contributed by atoms with Crippen LogP contribution in [0.25, 0.3) is 0 Å². The predicted octanol–water partition coefficient (Wildman–Crippen LogP) is 3.84. The van der Waals surface area contributed by atoms with E-state index < -0.39 is 0 Å². The highest BCUT2D eigenvalue weighted by atomic mass is 32.1. The molecule has 1 aromatic heterocycles. The molecule has 1 aromatic carbocycles. The van der Waals surface area contributed by atoms with Gasteiger partial charge in [0.05, 0.1) is 12.7 Å². The molecule has 94 valence electrons. The van der Waals surface area contributed by atoms with Crippen molar-refractivity contribution in [1.82, 2.24) is 0 Å². The average molecular weight is 261 g/mol. The molecule has 0 aliphatic carbocycles. The third kappa shape index (κ3) is 2.71. The topological polar surface area (TPSA) is 38.3 Å². The molecule has 2 rings (SSSR count). The van der Waals surface area contributed by atoms with Crippen LogP contribution in [0.2, 0.25) is 0 Å². The number of rotatable bonds is 4. The fourth-order valence-corrected chi connectivity index (χ4v) is 2.43. The van der Waals surface area contributed by atoms with Gasteiger partial charge in [-0.25, -0.2) is 4.79 Å². The number of hydrogen-bond donors (Lipinski definition) is 1. The summed E-state index contributed by atoms with van der Waals surface area (Å²) in [6, 6.07) is 9.94. The molecular weight excluding hydrogens is 246 g/mol. The van der Waals surface area contributed by atoms with Crippen LogP contribution < -0.4 is 5.32 Å². The summed E-state index contributed by atoms with van der Waals surface area (Å²) in [5, 5.41) is 5.92. The van der Waals surface area contributed by atoms with Crippen molar-refractivity contribution in [2.24, 2.45) is 0 Å². The van der Waals surface area contributed by atoms with E-state index in [1.807, 2.05) is 17.5 Å². The number of carbonyl (C=O) groups is 1. The molecule has 0 aliphatic heterocycles. The lowest BCUT2D eigenvalue weighted by molar-refractivity contribution is 0.0602. The normalized spacial score (nSPS) is 10.1. The molecule has 0 saturated carbocycles. The van der Waals surface area contributed by atoms with Gasteiger partial charge in [0, 0.05) is 5.69 Å². The lowest BCUT2D eigenvalue weighted by Gasteiger charge is -2.07. The first kappa shape index (κ1) is 12.6. The zero-order chi connectivity index (χ0) is 13.0. The second kappa shape index (κ2) is 5.69. The van der Waals surface area contributed by atoms with Crippen molar-refractivity contribution in [3.05, 3.63) is 46.8 Å². The molecule has 0 bridgehead atoms. The molecule has 0 saturated heterocycles. The van der Waals surface area contributed by atoms with Crippen molar-refractivity contribution < 1.29 is 9.53 Å². The van der Waals surface area contributed by atoms with Crippen LogP contribution in [-0.4, -0.2) is 13.1 Å². The summed E-state index contributed by atoms with van der Waals surface area (Å²) >= 11 is 1.49. The van der Waals surface area contributed by atoms with Crippen molar-refractivity contribution >= 4 is 28.0 Å². The fourth-order valence-electron chi connectivity index (χ4n) is 1.63. The monoisotopic (exact) mass is 261 g/mol. The summed E-state index contributed by atoms with van der Waals surface area (Å²) in [5.74, 6) is -0.316. The number of ether oxygens (including phenoxy) is 1. The van der Waals surface area contributed by atoms with E-state index in [1.54, 1.807) is 6.07 Å². The maximum atomic E-state index is 11.5. The summed E-state index contributed by atoms with van der Waals surface area (Å²) in [7, 11) is 1.39. The molecular formula is C14H15NO2S. The minimum atomic E-state index is -0.316. The van der Waals surface area contributed by atoms with Gasteiger partial charge in [-0.2, -0.15) is 0 Å². The summed E-state index contributed by atoms with van der Waals surface area (Å²) < 4.78 is 4.74. The van der Waals surface area contributed by atoms with Crippen molar-refractivity contribution in [2.45, 2.75) is 13.3 Å².